The molecular formula is C9H8BClO2. The van der Waals surface area contributed by atoms with Gasteiger partial charge in [0.1, 0.15) is 0 Å². The van der Waals surface area contributed by atoms with Gasteiger partial charge in [-0.1, -0.05) is 29.8 Å². The molecule has 0 amide bonds. The summed E-state index contributed by atoms with van der Waals surface area (Å²) >= 11 is 5.94. The molecule has 0 aliphatic heterocycles. The van der Waals surface area contributed by atoms with Crippen LogP contribution < -0.4 is 0 Å². The molecule has 0 unspecified atom stereocenters. The lowest BCUT2D eigenvalue weighted by Gasteiger charge is -2.01. The summed E-state index contributed by atoms with van der Waals surface area (Å²) in [6.07, 6.45) is 2.30. The average Bonchev–Trinajstić information content (AvgIpc) is 2.49. The van der Waals surface area contributed by atoms with Crippen molar-refractivity contribution in [1.82, 2.24) is 0 Å². The predicted molar refractivity (Wildman–Crippen MR) is 53.3 cm³/mol. The quantitative estimate of drug-likeness (QED) is 0.662. The summed E-state index contributed by atoms with van der Waals surface area (Å²) in [5, 5.41) is 18.6. The molecule has 0 heterocycles. The van der Waals surface area contributed by atoms with Crippen molar-refractivity contribution in [2.24, 2.45) is 0 Å². The van der Waals surface area contributed by atoms with Gasteiger partial charge in [0.2, 0.25) is 0 Å². The zero-order valence-electron chi connectivity index (χ0n) is 6.87. The highest BCUT2D eigenvalue weighted by Crippen LogP contribution is 2.30. The molecule has 4 heteroatoms. The Morgan fingerprint density at radius 2 is 2.08 bits per heavy atom. The Morgan fingerprint density at radius 1 is 1.31 bits per heavy atom. The lowest BCUT2D eigenvalue weighted by Crippen LogP contribution is -2.14. The maximum Gasteiger partial charge on any atom is 0.484 e. The molecule has 1 aliphatic rings. The Balaban J connectivity index is 2.41. The highest BCUT2D eigenvalue weighted by Gasteiger charge is 2.22. The topological polar surface area (TPSA) is 40.5 Å². The Bertz CT molecular complexity index is 374. The number of benzene rings is 1. The highest BCUT2D eigenvalue weighted by atomic mass is 35.5. The van der Waals surface area contributed by atoms with E-state index in [2.05, 4.69) is 0 Å². The maximum atomic E-state index is 8.96. The van der Waals surface area contributed by atoms with Gasteiger partial charge in [0.15, 0.2) is 0 Å². The van der Waals surface area contributed by atoms with Gasteiger partial charge in [-0.05, 0) is 29.1 Å². The van der Waals surface area contributed by atoms with Crippen LogP contribution in [-0.4, -0.2) is 17.2 Å². The Kier molecular flexibility index (Phi) is 2.16. The van der Waals surface area contributed by atoms with Crippen molar-refractivity contribution in [3.8, 4) is 0 Å². The maximum absolute atomic E-state index is 8.96. The molecule has 2 rings (SSSR count). The van der Waals surface area contributed by atoms with Crippen molar-refractivity contribution in [3.63, 3.8) is 0 Å². The SMILES string of the molecule is OB(O)C1=Cc2cccc(Cl)c2C1. The van der Waals surface area contributed by atoms with Crippen molar-refractivity contribution >= 4 is 24.8 Å². The van der Waals surface area contributed by atoms with Crippen LogP contribution in [0, 0.1) is 0 Å². The first-order valence-corrected chi connectivity index (χ1v) is 4.40. The van der Waals surface area contributed by atoms with E-state index in [9.17, 15) is 0 Å². The fourth-order valence-electron chi connectivity index (χ4n) is 1.52. The summed E-state index contributed by atoms with van der Waals surface area (Å²) in [7, 11) is -1.37. The normalized spacial score (nSPS) is 13.9. The number of hydrogen-bond donors (Lipinski definition) is 2. The Labute approximate surface area is 81.6 Å². The number of hydrogen-bond acceptors (Lipinski definition) is 2. The van der Waals surface area contributed by atoms with E-state index in [1.807, 2.05) is 12.1 Å². The zero-order chi connectivity index (χ0) is 9.42. The summed E-state index contributed by atoms with van der Waals surface area (Å²) in [6.45, 7) is 0. The fourth-order valence-corrected chi connectivity index (χ4v) is 1.77. The first-order valence-electron chi connectivity index (χ1n) is 4.02. The van der Waals surface area contributed by atoms with Gasteiger partial charge in [0, 0.05) is 5.02 Å². The van der Waals surface area contributed by atoms with Crippen molar-refractivity contribution in [3.05, 3.63) is 39.8 Å². The van der Waals surface area contributed by atoms with Crippen LogP contribution >= 0.6 is 11.6 Å². The molecule has 0 radical (unpaired) electrons. The zero-order valence-corrected chi connectivity index (χ0v) is 7.62. The molecule has 0 fully saturated rings. The van der Waals surface area contributed by atoms with Crippen LogP contribution in [0.25, 0.3) is 6.08 Å². The second-order valence-corrected chi connectivity index (χ2v) is 3.48. The summed E-state index contributed by atoms with van der Waals surface area (Å²) < 4.78 is 0. The summed E-state index contributed by atoms with van der Waals surface area (Å²) in [4.78, 5) is 0. The molecular weight excluding hydrogens is 186 g/mol. The smallest absolute Gasteiger partial charge is 0.423 e. The monoisotopic (exact) mass is 194 g/mol. The van der Waals surface area contributed by atoms with Crippen LogP contribution in [0.5, 0.6) is 0 Å². The molecule has 0 saturated carbocycles. The molecule has 0 bridgehead atoms. The van der Waals surface area contributed by atoms with Gasteiger partial charge in [0.05, 0.1) is 0 Å². The van der Waals surface area contributed by atoms with Gasteiger partial charge in [-0.2, -0.15) is 0 Å². The fraction of sp³-hybridized carbons (Fsp3) is 0.111. The minimum absolute atomic E-state index is 0.534. The molecule has 0 spiro atoms. The first kappa shape index (κ1) is 8.82. The van der Waals surface area contributed by atoms with E-state index < -0.39 is 7.12 Å². The van der Waals surface area contributed by atoms with Crippen molar-refractivity contribution in [1.29, 1.82) is 0 Å². The number of rotatable bonds is 1. The molecule has 1 aromatic rings. The van der Waals surface area contributed by atoms with Crippen molar-refractivity contribution < 1.29 is 10.0 Å². The molecule has 66 valence electrons. The van der Waals surface area contributed by atoms with Crippen LogP contribution in [0.15, 0.2) is 23.7 Å². The number of allylic oxidation sites excluding steroid dienone is 1. The van der Waals surface area contributed by atoms with Crippen LogP contribution in [0.4, 0.5) is 0 Å². The minimum Gasteiger partial charge on any atom is -0.423 e. The predicted octanol–water partition coefficient (Wildman–Crippen LogP) is 1.29. The lowest BCUT2D eigenvalue weighted by molar-refractivity contribution is 0.418. The highest BCUT2D eigenvalue weighted by molar-refractivity contribution is 6.52. The Hall–Kier alpha value is -0.765. The van der Waals surface area contributed by atoms with E-state index in [0.29, 0.717) is 16.9 Å². The molecule has 1 aliphatic carbocycles. The third-order valence-corrected chi connectivity index (χ3v) is 2.56. The van der Waals surface area contributed by atoms with Gasteiger partial charge < -0.3 is 10.0 Å². The van der Waals surface area contributed by atoms with Gasteiger partial charge in [-0.25, -0.2) is 0 Å². The van der Waals surface area contributed by atoms with Crippen molar-refractivity contribution in [2.75, 3.05) is 0 Å². The van der Waals surface area contributed by atoms with Crippen LogP contribution in [0.2, 0.25) is 5.02 Å². The summed E-state index contributed by atoms with van der Waals surface area (Å²) in [5.74, 6) is 0. The van der Waals surface area contributed by atoms with Gasteiger partial charge in [-0.3, -0.25) is 0 Å². The summed E-state index contributed by atoms with van der Waals surface area (Å²) in [6, 6.07) is 5.57. The van der Waals surface area contributed by atoms with Crippen LogP contribution in [0.1, 0.15) is 11.1 Å². The van der Waals surface area contributed by atoms with Gasteiger partial charge in [0.25, 0.3) is 0 Å². The standard InChI is InChI=1S/C9H8BClO2/c11-9-3-1-2-6-4-7(10(12)13)5-8(6)9/h1-4,12-13H,5H2. The molecule has 13 heavy (non-hydrogen) atoms. The molecule has 0 atom stereocenters. The molecule has 2 nitrogen and oxygen atoms in total. The molecule has 0 aromatic heterocycles. The third kappa shape index (κ3) is 1.50. The van der Waals surface area contributed by atoms with E-state index in [-0.39, 0.29) is 0 Å². The minimum atomic E-state index is -1.37. The van der Waals surface area contributed by atoms with E-state index >= 15 is 0 Å². The molecule has 2 N–H and O–H groups in total. The van der Waals surface area contributed by atoms with Crippen LogP contribution in [0.3, 0.4) is 0 Å². The largest absolute Gasteiger partial charge is 0.484 e. The molecule has 1 aromatic carbocycles. The lowest BCUT2D eigenvalue weighted by atomic mass is 9.78. The van der Waals surface area contributed by atoms with Crippen LogP contribution in [-0.2, 0) is 6.42 Å². The van der Waals surface area contributed by atoms with Crippen molar-refractivity contribution in [2.45, 2.75) is 6.42 Å². The van der Waals surface area contributed by atoms with E-state index in [0.717, 1.165) is 11.1 Å². The molecule has 0 saturated heterocycles. The third-order valence-electron chi connectivity index (χ3n) is 2.21. The van der Waals surface area contributed by atoms with Gasteiger partial charge >= 0.3 is 7.12 Å². The van der Waals surface area contributed by atoms with E-state index in [1.165, 1.54) is 0 Å². The van der Waals surface area contributed by atoms with E-state index in [4.69, 9.17) is 21.6 Å². The second kappa shape index (κ2) is 3.18. The van der Waals surface area contributed by atoms with Gasteiger partial charge in [-0.15, -0.1) is 0 Å². The van der Waals surface area contributed by atoms with E-state index in [1.54, 1.807) is 12.1 Å². The number of halogens is 1. The average molecular weight is 194 g/mol. The Morgan fingerprint density at radius 3 is 2.69 bits per heavy atom. The summed E-state index contributed by atoms with van der Waals surface area (Å²) in [5.41, 5.74) is 2.56. The number of fused-ring (bicyclic) bond motifs is 1. The first-order chi connectivity index (χ1) is 6.18. The second-order valence-electron chi connectivity index (χ2n) is 3.08.